The van der Waals surface area contributed by atoms with Crippen molar-refractivity contribution in [1.82, 2.24) is 0 Å². The summed E-state index contributed by atoms with van der Waals surface area (Å²) in [5.41, 5.74) is 0.0888. The van der Waals surface area contributed by atoms with E-state index < -0.39 is 11.7 Å². The first kappa shape index (κ1) is 15.6. The van der Waals surface area contributed by atoms with Crippen LogP contribution in [0.3, 0.4) is 0 Å². The van der Waals surface area contributed by atoms with Crippen molar-refractivity contribution < 1.29 is 13.2 Å². The van der Waals surface area contributed by atoms with E-state index in [1.807, 2.05) is 11.8 Å². The summed E-state index contributed by atoms with van der Waals surface area (Å²) in [5.74, 6) is 0.438. The second-order valence-corrected chi connectivity index (χ2v) is 5.07. The molecule has 102 valence electrons. The predicted molar refractivity (Wildman–Crippen MR) is 72.4 cm³/mol. The fourth-order valence-electron chi connectivity index (χ4n) is 1.66. The van der Waals surface area contributed by atoms with Gasteiger partial charge in [-0.2, -0.15) is 13.2 Å². The zero-order valence-electron chi connectivity index (χ0n) is 9.90. The average Bonchev–Trinajstić information content (AvgIpc) is 2.27. The number of alkyl halides is 4. The van der Waals surface area contributed by atoms with Crippen LogP contribution in [0.1, 0.15) is 18.9 Å². The van der Waals surface area contributed by atoms with Crippen LogP contribution in [0.4, 0.5) is 18.9 Å². The molecule has 0 saturated carbocycles. The molecule has 0 N–H and O–H groups in total. The maximum Gasteiger partial charge on any atom is 0.416 e. The van der Waals surface area contributed by atoms with Gasteiger partial charge in [-0.1, -0.05) is 6.92 Å². The van der Waals surface area contributed by atoms with Crippen LogP contribution in [0.2, 0.25) is 0 Å². The minimum Gasteiger partial charge on any atom is -0.369 e. The van der Waals surface area contributed by atoms with Crippen LogP contribution in [0.25, 0.3) is 0 Å². The van der Waals surface area contributed by atoms with E-state index in [2.05, 4.69) is 15.9 Å². The monoisotopic (exact) mass is 343 g/mol. The molecule has 0 saturated heterocycles. The molecule has 0 aliphatic heterocycles. The number of hydrogen-bond acceptors (Lipinski definition) is 1. The van der Waals surface area contributed by atoms with E-state index in [-0.39, 0.29) is 0 Å². The Kier molecular flexibility index (Phi) is 5.79. The maximum atomic E-state index is 12.5. The van der Waals surface area contributed by atoms with Crippen LogP contribution < -0.4 is 4.90 Å². The van der Waals surface area contributed by atoms with Crippen LogP contribution in [-0.2, 0) is 6.18 Å². The third-order valence-corrected chi connectivity index (χ3v) is 3.27. The molecule has 0 atom stereocenters. The van der Waals surface area contributed by atoms with Gasteiger partial charge in [0.15, 0.2) is 0 Å². The summed E-state index contributed by atoms with van der Waals surface area (Å²) in [6.45, 7) is 3.38. The van der Waals surface area contributed by atoms with Gasteiger partial charge in [0.2, 0.25) is 0 Å². The summed E-state index contributed by atoms with van der Waals surface area (Å²) in [7, 11) is 0. The number of nitrogens with zero attached hydrogens (tertiary/aromatic N) is 1. The van der Waals surface area contributed by atoms with E-state index >= 15 is 0 Å². The molecule has 0 radical (unpaired) electrons. The quantitative estimate of drug-likeness (QED) is 0.685. The molecule has 1 aromatic rings. The molecule has 0 spiro atoms. The number of anilines is 1. The molecule has 0 fully saturated rings. The van der Waals surface area contributed by atoms with Gasteiger partial charge >= 0.3 is 6.18 Å². The molecule has 0 amide bonds. The number of halogens is 5. The van der Waals surface area contributed by atoms with E-state index in [0.717, 1.165) is 30.8 Å². The van der Waals surface area contributed by atoms with Crippen molar-refractivity contribution in [3.63, 3.8) is 0 Å². The smallest absolute Gasteiger partial charge is 0.369 e. The Hall–Kier alpha value is -0.420. The van der Waals surface area contributed by atoms with E-state index in [9.17, 15) is 13.2 Å². The third-order valence-electron chi connectivity index (χ3n) is 2.46. The van der Waals surface area contributed by atoms with Crippen LogP contribution in [0.15, 0.2) is 22.7 Å². The van der Waals surface area contributed by atoms with Gasteiger partial charge < -0.3 is 4.90 Å². The summed E-state index contributed by atoms with van der Waals surface area (Å²) < 4.78 is 38.1. The van der Waals surface area contributed by atoms with E-state index in [4.69, 9.17) is 11.6 Å². The van der Waals surface area contributed by atoms with E-state index in [0.29, 0.717) is 16.9 Å². The average molecular weight is 345 g/mol. The zero-order valence-corrected chi connectivity index (χ0v) is 12.2. The molecular formula is C12H14BrClF3N. The summed E-state index contributed by atoms with van der Waals surface area (Å²) in [6.07, 6.45) is -3.41. The summed E-state index contributed by atoms with van der Waals surface area (Å²) in [4.78, 5) is 1.97. The molecule has 1 rings (SSSR count). The maximum absolute atomic E-state index is 12.5. The van der Waals surface area contributed by atoms with Gasteiger partial charge in [0.05, 0.1) is 11.3 Å². The van der Waals surface area contributed by atoms with Crippen molar-refractivity contribution in [1.29, 1.82) is 0 Å². The molecule has 6 heteroatoms. The predicted octanol–water partition coefficient (Wildman–Crippen LogP) is 4.92. The highest BCUT2D eigenvalue weighted by atomic mass is 79.9. The van der Waals surface area contributed by atoms with Gasteiger partial charge in [-0.05, 0) is 40.5 Å². The molecule has 0 aliphatic carbocycles. The van der Waals surface area contributed by atoms with Gasteiger partial charge in [-0.3, -0.25) is 0 Å². The van der Waals surface area contributed by atoms with Crippen LogP contribution >= 0.6 is 27.5 Å². The lowest BCUT2D eigenvalue weighted by atomic mass is 10.2. The molecule has 0 unspecified atom stereocenters. The number of hydrogen-bond donors (Lipinski definition) is 0. The Morgan fingerprint density at radius 2 is 1.94 bits per heavy atom. The minimum absolute atomic E-state index is 0.438. The Balaban J connectivity index is 3.03. The van der Waals surface area contributed by atoms with E-state index in [1.54, 1.807) is 0 Å². The molecule has 0 aliphatic rings. The Labute approximate surface area is 118 Å². The standard InChI is InChI=1S/C12H14BrClF3N/c1-2-6-18(7-5-14)11-4-3-9(8-10(11)13)12(15,16)17/h3-4,8H,2,5-7H2,1H3. The second-order valence-electron chi connectivity index (χ2n) is 3.84. The normalized spacial score (nSPS) is 11.7. The Bertz CT molecular complexity index is 389. The Morgan fingerprint density at radius 1 is 1.28 bits per heavy atom. The van der Waals surface area contributed by atoms with Crippen molar-refractivity contribution in [2.24, 2.45) is 0 Å². The molecule has 0 heterocycles. The lowest BCUT2D eigenvalue weighted by Crippen LogP contribution is -2.26. The summed E-state index contributed by atoms with van der Waals surface area (Å²) >= 11 is 8.90. The topological polar surface area (TPSA) is 3.24 Å². The van der Waals surface area contributed by atoms with Gasteiger partial charge in [-0.15, -0.1) is 11.6 Å². The highest BCUT2D eigenvalue weighted by Crippen LogP contribution is 2.35. The van der Waals surface area contributed by atoms with Gasteiger partial charge in [0, 0.05) is 23.4 Å². The van der Waals surface area contributed by atoms with Crippen molar-refractivity contribution in [3.8, 4) is 0 Å². The highest BCUT2D eigenvalue weighted by Gasteiger charge is 2.31. The first-order valence-electron chi connectivity index (χ1n) is 5.57. The van der Waals surface area contributed by atoms with Crippen LogP contribution in [-0.4, -0.2) is 19.0 Å². The fraction of sp³-hybridized carbons (Fsp3) is 0.500. The summed E-state index contributed by atoms with van der Waals surface area (Å²) in [5, 5.41) is 0. The SMILES string of the molecule is CCCN(CCCl)c1ccc(C(F)(F)F)cc1Br. The molecular weight excluding hydrogens is 330 g/mol. The van der Waals surface area contributed by atoms with Crippen molar-refractivity contribution in [3.05, 3.63) is 28.2 Å². The van der Waals surface area contributed by atoms with Crippen molar-refractivity contribution in [2.45, 2.75) is 19.5 Å². The fourth-order valence-corrected chi connectivity index (χ4v) is 2.50. The van der Waals surface area contributed by atoms with Crippen LogP contribution in [0.5, 0.6) is 0 Å². The first-order chi connectivity index (χ1) is 8.40. The number of rotatable bonds is 5. The largest absolute Gasteiger partial charge is 0.416 e. The summed E-state index contributed by atoms with van der Waals surface area (Å²) in [6, 6.07) is 3.68. The molecule has 0 aromatic heterocycles. The number of benzene rings is 1. The van der Waals surface area contributed by atoms with Crippen molar-refractivity contribution in [2.75, 3.05) is 23.9 Å². The lowest BCUT2D eigenvalue weighted by Gasteiger charge is -2.25. The van der Waals surface area contributed by atoms with Crippen molar-refractivity contribution >= 4 is 33.2 Å². The van der Waals surface area contributed by atoms with Gasteiger partial charge in [0.1, 0.15) is 0 Å². The van der Waals surface area contributed by atoms with Gasteiger partial charge in [-0.25, -0.2) is 0 Å². The van der Waals surface area contributed by atoms with E-state index in [1.165, 1.54) is 6.07 Å². The zero-order chi connectivity index (χ0) is 13.8. The Morgan fingerprint density at radius 3 is 2.39 bits per heavy atom. The molecule has 1 nitrogen and oxygen atoms in total. The highest BCUT2D eigenvalue weighted by molar-refractivity contribution is 9.10. The second kappa shape index (κ2) is 6.66. The van der Waals surface area contributed by atoms with Gasteiger partial charge in [0.25, 0.3) is 0 Å². The molecule has 18 heavy (non-hydrogen) atoms. The third kappa shape index (κ3) is 4.05. The molecule has 0 bridgehead atoms. The minimum atomic E-state index is -4.32. The van der Waals surface area contributed by atoms with Crippen LogP contribution in [0, 0.1) is 0 Å². The molecule has 1 aromatic carbocycles. The lowest BCUT2D eigenvalue weighted by molar-refractivity contribution is -0.137. The first-order valence-corrected chi connectivity index (χ1v) is 6.90.